The maximum Gasteiger partial charge on any atom is 0.375 e. The van der Waals surface area contributed by atoms with E-state index in [1.54, 1.807) is 18.9 Å². The minimum atomic E-state index is -0.0889. The highest BCUT2D eigenvalue weighted by atomic mass is 16.5. The molecule has 0 spiro atoms. The van der Waals surface area contributed by atoms with E-state index in [1.807, 2.05) is 34.9 Å². The number of carbonyl (C=O) groups is 1. The first-order valence-electron chi connectivity index (χ1n) is 11.2. The largest absolute Gasteiger partial charge is 0.492 e. The zero-order chi connectivity index (χ0) is 24.0. The topological polar surface area (TPSA) is 92.5 Å². The second-order valence-electron chi connectivity index (χ2n) is 9.12. The summed E-state index contributed by atoms with van der Waals surface area (Å²) in [6, 6.07) is 5.95. The number of anilines is 1. The van der Waals surface area contributed by atoms with Crippen molar-refractivity contribution in [2.75, 3.05) is 33.2 Å². The van der Waals surface area contributed by atoms with Gasteiger partial charge >= 0.3 is 5.95 Å². The van der Waals surface area contributed by atoms with Crippen LogP contribution in [0.25, 0.3) is 6.08 Å². The highest BCUT2D eigenvalue weighted by Crippen LogP contribution is 2.25. The summed E-state index contributed by atoms with van der Waals surface area (Å²) in [6.45, 7) is 8.56. The predicted molar refractivity (Wildman–Crippen MR) is 127 cm³/mol. The fraction of sp³-hybridized carbons (Fsp3) is 0.480. The molecule has 1 aromatic carbocycles. The predicted octanol–water partition coefficient (Wildman–Crippen LogP) is 3.04. The Morgan fingerprint density at radius 3 is 2.64 bits per heavy atom. The average molecular weight is 456 g/mol. The van der Waals surface area contributed by atoms with Crippen LogP contribution < -0.4 is 10.3 Å². The lowest BCUT2D eigenvalue weighted by Gasteiger charge is -2.21. The molecule has 0 radical (unpaired) electrons. The number of nitrogens with zero attached hydrogens (tertiary/aromatic N) is 3. The molecular formula is C25H35N4O4+. The Morgan fingerprint density at radius 1 is 1.15 bits per heavy atom. The fourth-order valence-corrected chi connectivity index (χ4v) is 3.68. The van der Waals surface area contributed by atoms with Crippen molar-refractivity contribution in [2.45, 2.75) is 52.3 Å². The monoisotopic (exact) mass is 455 g/mol. The van der Waals surface area contributed by atoms with Gasteiger partial charge in [-0.3, -0.25) is 4.79 Å². The van der Waals surface area contributed by atoms with E-state index in [-0.39, 0.29) is 17.7 Å². The summed E-state index contributed by atoms with van der Waals surface area (Å²) in [4.78, 5) is 13.3. The zero-order valence-corrected chi connectivity index (χ0v) is 20.3. The van der Waals surface area contributed by atoms with Crippen LogP contribution in [-0.2, 0) is 39.3 Å². The number of nitrogens with two attached hydrogens (primary N) is 1. The summed E-state index contributed by atoms with van der Waals surface area (Å²) in [6.07, 6.45) is 6.51. The zero-order valence-electron chi connectivity index (χ0n) is 20.3. The van der Waals surface area contributed by atoms with E-state index in [0.29, 0.717) is 37.9 Å². The van der Waals surface area contributed by atoms with Crippen LogP contribution in [0.5, 0.6) is 0 Å². The minimum absolute atomic E-state index is 0.0353. The molecular weight excluding hydrogens is 420 g/mol. The first-order valence-corrected chi connectivity index (χ1v) is 11.2. The quantitative estimate of drug-likeness (QED) is 0.355. The average Bonchev–Trinajstić information content (AvgIpc) is 3.02. The number of fused-ring (bicyclic) bond motifs is 1. The van der Waals surface area contributed by atoms with Crippen LogP contribution >= 0.6 is 0 Å². The van der Waals surface area contributed by atoms with Gasteiger partial charge in [0.1, 0.15) is 12.4 Å². The first kappa shape index (κ1) is 24.7. The smallest absolute Gasteiger partial charge is 0.375 e. The van der Waals surface area contributed by atoms with Gasteiger partial charge in [0, 0.05) is 31.0 Å². The molecule has 33 heavy (non-hydrogen) atoms. The van der Waals surface area contributed by atoms with Crippen molar-refractivity contribution in [1.29, 1.82) is 0 Å². The normalized spacial score (nSPS) is 16.3. The van der Waals surface area contributed by atoms with Crippen molar-refractivity contribution in [3.8, 4) is 0 Å². The highest BCUT2D eigenvalue weighted by Gasteiger charge is 2.24. The van der Waals surface area contributed by atoms with Crippen LogP contribution in [0.2, 0.25) is 0 Å². The van der Waals surface area contributed by atoms with E-state index >= 15 is 0 Å². The lowest BCUT2D eigenvalue weighted by Crippen LogP contribution is -2.39. The number of carbonyl (C=O) groups excluding carboxylic acids is 1. The summed E-state index contributed by atoms with van der Waals surface area (Å²) >= 11 is 0. The molecule has 2 aromatic rings. The molecule has 2 heterocycles. The Labute approximate surface area is 195 Å². The van der Waals surface area contributed by atoms with Gasteiger partial charge in [-0.05, 0) is 47.2 Å². The van der Waals surface area contributed by atoms with Crippen molar-refractivity contribution in [2.24, 2.45) is 0 Å². The van der Waals surface area contributed by atoms with Gasteiger partial charge in [-0.25, -0.2) is 4.57 Å². The van der Waals surface area contributed by atoms with Gasteiger partial charge < -0.3 is 19.9 Å². The third-order valence-corrected chi connectivity index (χ3v) is 5.48. The van der Waals surface area contributed by atoms with E-state index in [9.17, 15) is 4.79 Å². The Balaban J connectivity index is 1.88. The first-order chi connectivity index (χ1) is 15.7. The number of rotatable bonds is 9. The third kappa shape index (κ3) is 6.30. The van der Waals surface area contributed by atoms with Crippen LogP contribution in [0.1, 0.15) is 54.5 Å². The summed E-state index contributed by atoms with van der Waals surface area (Å²) in [5.41, 5.74) is 8.79. The van der Waals surface area contributed by atoms with E-state index < -0.39 is 0 Å². The number of hydrogen-bond acceptors (Lipinski definition) is 6. The van der Waals surface area contributed by atoms with Crippen molar-refractivity contribution < 1.29 is 23.6 Å². The second kappa shape index (κ2) is 10.8. The lowest BCUT2D eigenvalue weighted by molar-refractivity contribution is -0.684. The van der Waals surface area contributed by atoms with Gasteiger partial charge in [0.25, 0.3) is 0 Å². The lowest BCUT2D eigenvalue weighted by atomic mass is 9.84. The standard InChI is InChI=1S/C25H35N4O4/c1-25(2,3)20-14-18(17-32-5)13-19(15-20)22(30)16-29-23-9-8-21(33-12-11-31-4)7-6-10-28(23)24(26)27-29/h7-9,13-15H,6,10-12,16-17H2,1-5H3,(H2,26,27)/q+1/b9-8-,21-7+. The van der Waals surface area contributed by atoms with Crippen LogP contribution in [0.4, 0.5) is 5.95 Å². The molecule has 8 nitrogen and oxygen atoms in total. The molecule has 8 heteroatoms. The molecule has 178 valence electrons. The third-order valence-electron chi connectivity index (χ3n) is 5.48. The molecule has 0 unspecified atom stereocenters. The molecule has 0 fully saturated rings. The summed E-state index contributed by atoms with van der Waals surface area (Å²) in [5.74, 6) is 1.86. The maximum absolute atomic E-state index is 13.3. The van der Waals surface area contributed by atoms with Crippen LogP contribution in [0.3, 0.4) is 0 Å². The van der Waals surface area contributed by atoms with Gasteiger partial charge in [-0.1, -0.05) is 26.8 Å². The number of allylic oxidation sites excluding steroid dienone is 2. The van der Waals surface area contributed by atoms with Crippen molar-refractivity contribution in [1.82, 2.24) is 9.78 Å². The SMILES string of the molecule is COCCOC1=C/CC[n+]2c(N)nn(CC(=O)c3cc(COC)cc(C(C)(C)C)c3)c2/C=C\1. The highest BCUT2D eigenvalue weighted by molar-refractivity contribution is 5.96. The number of methoxy groups -OCH3 is 2. The molecule has 0 atom stereocenters. The molecule has 0 aliphatic carbocycles. The van der Waals surface area contributed by atoms with Crippen molar-refractivity contribution in [3.05, 3.63) is 58.6 Å². The number of benzene rings is 1. The van der Waals surface area contributed by atoms with Gasteiger partial charge in [0.2, 0.25) is 5.82 Å². The van der Waals surface area contributed by atoms with Crippen molar-refractivity contribution in [3.63, 3.8) is 0 Å². The number of nitrogen functional groups attached to an aromatic ring is 1. The molecule has 2 N–H and O–H groups in total. The molecule has 3 rings (SSSR count). The molecule has 1 aromatic heterocycles. The number of ether oxygens (including phenoxy) is 3. The van der Waals surface area contributed by atoms with Gasteiger partial charge in [0.15, 0.2) is 12.3 Å². The number of Topliss-reactive ketones (excluding diaryl/α,β-unsaturated/α-hetero) is 1. The summed E-state index contributed by atoms with van der Waals surface area (Å²) in [7, 11) is 3.29. The van der Waals surface area contributed by atoms with E-state index in [2.05, 4.69) is 31.9 Å². The molecule has 0 saturated carbocycles. The van der Waals surface area contributed by atoms with E-state index in [0.717, 1.165) is 29.1 Å². The Kier molecular flexibility index (Phi) is 8.05. The van der Waals surface area contributed by atoms with E-state index in [1.165, 1.54) is 0 Å². The summed E-state index contributed by atoms with van der Waals surface area (Å²) in [5, 5.41) is 4.45. The molecule has 0 saturated heterocycles. The Morgan fingerprint density at radius 2 is 1.94 bits per heavy atom. The molecule has 0 amide bonds. The van der Waals surface area contributed by atoms with Crippen molar-refractivity contribution >= 4 is 17.8 Å². The van der Waals surface area contributed by atoms with Crippen LogP contribution in [0, 0.1) is 0 Å². The minimum Gasteiger partial charge on any atom is -0.492 e. The Bertz CT molecular complexity index is 1050. The maximum atomic E-state index is 13.3. The Hall–Kier alpha value is -2.97. The molecule has 1 aliphatic heterocycles. The molecule has 0 bridgehead atoms. The second-order valence-corrected chi connectivity index (χ2v) is 9.12. The fourth-order valence-electron chi connectivity index (χ4n) is 3.68. The number of aromatic nitrogens is 3. The van der Waals surface area contributed by atoms with Gasteiger partial charge in [-0.2, -0.15) is 0 Å². The van der Waals surface area contributed by atoms with Crippen LogP contribution in [0.15, 0.2) is 36.1 Å². The number of ketones is 1. The number of hydrogen-bond donors (Lipinski definition) is 1. The van der Waals surface area contributed by atoms with Gasteiger partial charge in [0.05, 0.1) is 19.8 Å². The molecule has 1 aliphatic rings. The van der Waals surface area contributed by atoms with Gasteiger partial charge in [-0.15, -0.1) is 4.68 Å². The van der Waals surface area contributed by atoms with E-state index in [4.69, 9.17) is 19.9 Å². The van der Waals surface area contributed by atoms with Crippen LogP contribution in [-0.4, -0.2) is 43.0 Å². The summed E-state index contributed by atoms with van der Waals surface area (Å²) < 4.78 is 19.7.